The van der Waals surface area contributed by atoms with Crippen molar-refractivity contribution >= 4 is 10.0 Å². The predicted octanol–water partition coefficient (Wildman–Crippen LogP) is 1.27. The van der Waals surface area contributed by atoms with Gasteiger partial charge in [-0.3, -0.25) is 4.98 Å². The van der Waals surface area contributed by atoms with Crippen LogP contribution < -0.4 is 5.32 Å². The maximum Gasteiger partial charge on any atom is 0.214 e. The highest BCUT2D eigenvalue weighted by molar-refractivity contribution is 7.89. The van der Waals surface area contributed by atoms with Gasteiger partial charge in [0.15, 0.2) is 0 Å². The zero-order valence-electron chi connectivity index (χ0n) is 12.8. The van der Waals surface area contributed by atoms with Crippen molar-refractivity contribution in [3.05, 3.63) is 30.1 Å². The van der Waals surface area contributed by atoms with E-state index < -0.39 is 10.0 Å². The van der Waals surface area contributed by atoms with Crippen LogP contribution in [0.3, 0.4) is 0 Å². The molecule has 0 saturated carbocycles. The standard InChI is InChI=1S/C15H25N3O2S/c1-3-14-12-18(10-6-15(14)16-2)21(19,20)11-7-13-4-8-17-9-5-13/h4-5,8-9,14-16H,3,6-7,10-12H2,1-2H3. The average Bonchev–Trinajstić information content (AvgIpc) is 2.53. The number of pyridine rings is 1. The summed E-state index contributed by atoms with van der Waals surface area (Å²) in [5.74, 6) is 0.581. The van der Waals surface area contributed by atoms with Gasteiger partial charge < -0.3 is 5.32 Å². The molecule has 2 rings (SSSR count). The number of nitrogens with zero attached hydrogens (tertiary/aromatic N) is 2. The predicted molar refractivity (Wildman–Crippen MR) is 84.5 cm³/mol. The van der Waals surface area contributed by atoms with E-state index in [-0.39, 0.29) is 5.75 Å². The van der Waals surface area contributed by atoms with Gasteiger partial charge in [0.05, 0.1) is 5.75 Å². The number of piperidine rings is 1. The molecular weight excluding hydrogens is 286 g/mol. The monoisotopic (exact) mass is 311 g/mol. The van der Waals surface area contributed by atoms with Crippen molar-refractivity contribution in [3.8, 4) is 0 Å². The van der Waals surface area contributed by atoms with Gasteiger partial charge in [-0.25, -0.2) is 12.7 Å². The number of rotatable bonds is 6. The first-order valence-corrected chi connectivity index (χ1v) is 9.21. The first-order valence-electron chi connectivity index (χ1n) is 7.60. The van der Waals surface area contributed by atoms with Gasteiger partial charge in [0.2, 0.25) is 10.0 Å². The lowest BCUT2D eigenvalue weighted by Crippen LogP contribution is -2.50. The van der Waals surface area contributed by atoms with Crippen molar-refractivity contribution < 1.29 is 8.42 Å². The highest BCUT2D eigenvalue weighted by atomic mass is 32.2. The number of nitrogens with one attached hydrogen (secondary N) is 1. The minimum absolute atomic E-state index is 0.178. The van der Waals surface area contributed by atoms with E-state index in [2.05, 4.69) is 17.2 Å². The summed E-state index contributed by atoms with van der Waals surface area (Å²) >= 11 is 0. The Labute approximate surface area is 127 Å². The molecule has 21 heavy (non-hydrogen) atoms. The van der Waals surface area contributed by atoms with Gasteiger partial charge >= 0.3 is 0 Å². The minimum Gasteiger partial charge on any atom is -0.317 e. The molecule has 2 heterocycles. The Kier molecular flexibility index (Phi) is 5.72. The second kappa shape index (κ2) is 7.33. The summed E-state index contributed by atoms with van der Waals surface area (Å²) in [7, 11) is -1.21. The van der Waals surface area contributed by atoms with Crippen LogP contribution in [0.2, 0.25) is 0 Å². The van der Waals surface area contributed by atoms with E-state index in [9.17, 15) is 8.42 Å². The van der Waals surface area contributed by atoms with Crippen molar-refractivity contribution in [3.63, 3.8) is 0 Å². The average molecular weight is 311 g/mol. The topological polar surface area (TPSA) is 62.3 Å². The van der Waals surface area contributed by atoms with Crippen molar-refractivity contribution in [2.75, 3.05) is 25.9 Å². The van der Waals surface area contributed by atoms with Crippen molar-refractivity contribution in [1.82, 2.24) is 14.6 Å². The Morgan fingerprint density at radius 2 is 2.10 bits per heavy atom. The van der Waals surface area contributed by atoms with Crippen LogP contribution in [0.5, 0.6) is 0 Å². The fourth-order valence-corrected chi connectivity index (χ4v) is 4.52. The van der Waals surface area contributed by atoms with Crippen LogP contribution in [0, 0.1) is 5.92 Å². The van der Waals surface area contributed by atoms with Gasteiger partial charge in [0.25, 0.3) is 0 Å². The zero-order chi connectivity index (χ0) is 15.3. The van der Waals surface area contributed by atoms with Crippen molar-refractivity contribution in [2.24, 2.45) is 5.92 Å². The van der Waals surface area contributed by atoms with Crippen LogP contribution in [0.4, 0.5) is 0 Å². The van der Waals surface area contributed by atoms with E-state index >= 15 is 0 Å². The number of hydrogen-bond acceptors (Lipinski definition) is 4. The highest BCUT2D eigenvalue weighted by Gasteiger charge is 2.32. The molecule has 5 nitrogen and oxygen atoms in total. The Hall–Kier alpha value is -0.980. The molecule has 1 aliphatic heterocycles. The third kappa shape index (κ3) is 4.25. The molecule has 0 aromatic carbocycles. The number of sulfonamides is 1. The summed E-state index contributed by atoms with van der Waals surface area (Å²) in [5.41, 5.74) is 1.02. The molecule has 0 radical (unpaired) electrons. The first-order chi connectivity index (χ1) is 10.1. The van der Waals surface area contributed by atoms with E-state index in [1.807, 2.05) is 19.2 Å². The van der Waals surface area contributed by atoms with Gasteiger partial charge in [-0.05, 0) is 43.5 Å². The molecule has 118 valence electrons. The van der Waals surface area contributed by atoms with Crippen LogP contribution in [-0.2, 0) is 16.4 Å². The third-order valence-corrected chi connectivity index (χ3v) is 6.22. The highest BCUT2D eigenvalue weighted by Crippen LogP contribution is 2.22. The van der Waals surface area contributed by atoms with E-state index in [0.717, 1.165) is 18.4 Å². The summed E-state index contributed by atoms with van der Waals surface area (Å²) < 4.78 is 26.7. The zero-order valence-corrected chi connectivity index (χ0v) is 13.6. The first kappa shape index (κ1) is 16.4. The van der Waals surface area contributed by atoms with E-state index in [1.165, 1.54) is 0 Å². The number of aromatic nitrogens is 1. The molecule has 0 spiro atoms. The maximum absolute atomic E-state index is 12.5. The largest absolute Gasteiger partial charge is 0.317 e. The van der Waals surface area contributed by atoms with E-state index in [1.54, 1.807) is 16.7 Å². The lowest BCUT2D eigenvalue weighted by atomic mass is 9.91. The second-order valence-electron chi connectivity index (χ2n) is 5.63. The molecule has 2 unspecified atom stereocenters. The normalized spacial score (nSPS) is 24.1. The van der Waals surface area contributed by atoms with Crippen LogP contribution in [0.25, 0.3) is 0 Å². The second-order valence-corrected chi connectivity index (χ2v) is 7.72. The minimum atomic E-state index is -3.17. The molecule has 0 bridgehead atoms. The Balaban J connectivity index is 1.96. The quantitative estimate of drug-likeness (QED) is 0.859. The Bertz CT molecular complexity index is 533. The number of aryl methyl sites for hydroxylation is 1. The summed E-state index contributed by atoms with van der Waals surface area (Å²) in [5, 5.41) is 3.31. The molecule has 1 aromatic heterocycles. The Morgan fingerprint density at radius 3 is 2.71 bits per heavy atom. The van der Waals surface area contributed by atoms with Gasteiger partial charge in [-0.15, -0.1) is 0 Å². The van der Waals surface area contributed by atoms with E-state index in [4.69, 9.17) is 0 Å². The molecule has 1 saturated heterocycles. The SMILES string of the molecule is CCC1CN(S(=O)(=O)CCc2ccncc2)CCC1NC. The fourth-order valence-electron chi connectivity index (χ4n) is 2.97. The van der Waals surface area contributed by atoms with Crippen molar-refractivity contribution in [2.45, 2.75) is 32.2 Å². The summed E-state index contributed by atoms with van der Waals surface area (Å²) in [6.45, 7) is 3.39. The van der Waals surface area contributed by atoms with Crippen LogP contribution in [-0.4, -0.2) is 49.6 Å². The molecule has 1 aromatic rings. The molecule has 1 N–H and O–H groups in total. The molecule has 0 amide bonds. The smallest absolute Gasteiger partial charge is 0.214 e. The third-order valence-electron chi connectivity index (χ3n) is 4.38. The molecular formula is C15H25N3O2S. The van der Waals surface area contributed by atoms with Crippen molar-refractivity contribution in [1.29, 1.82) is 0 Å². The molecule has 6 heteroatoms. The fraction of sp³-hybridized carbons (Fsp3) is 0.667. The van der Waals surface area contributed by atoms with Gasteiger partial charge in [-0.1, -0.05) is 13.3 Å². The lowest BCUT2D eigenvalue weighted by Gasteiger charge is -2.37. The summed E-state index contributed by atoms with van der Waals surface area (Å²) in [6, 6.07) is 4.18. The van der Waals surface area contributed by atoms with Crippen LogP contribution in [0.15, 0.2) is 24.5 Å². The number of hydrogen-bond donors (Lipinski definition) is 1. The molecule has 1 aliphatic rings. The van der Waals surface area contributed by atoms with E-state index in [0.29, 0.717) is 31.5 Å². The summed E-state index contributed by atoms with van der Waals surface area (Å²) in [6.07, 6.45) is 5.85. The van der Waals surface area contributed by atoms with Gasteiger partial charge in [0.1, 0.15) is 0 Å². The lowest BCUT2D eigenvalue weighted by molar-refractivity contribution is 0.209. The van der Waals surface area contributed by atoms with Crippen LogP contribution in [0.1, 0.15) is 25.3 Å². The van der Waals surface area contributed by atoms with Gasteiger partial charge in [-0.2, -0.15) is 0 Å². The molecule has 2 atom stereocenters. The van der Waals surface area contributed by atoms with Crippen LogP contribution >= 0.6 is 0 Å². The maximum atomic E-state index is 12.5. The van der Waals surface area contributed by atoms with Gasteiger partial charge in [0, 0.05) is 31.5 Å². The molecule has 0 aliphatic carbocycles. The molecule has 1 fully saturated rings. The summed E-state index contributed by atoms with van der Waals surface area (Å²) in [4.78, 5) is 3.95. The Morgan fingerprint density at radius 1 is 1.38 bits per heavy atom.